The Balaban J connectivity index is 1.79. The number of benzene rings is 1. The third kappa shape index (κ3) is 4.55. The highest BCUT2D eigenvalue weighted by atomic mass is 35.5. The molecule has 0 aliphatic carbocycles. The van der Waals surface area contributed by atoms with Crippen molar-refractivity contribution < 1.29 is 4.92 Å². The number of hydrogen-bond donors (Lipinski definition) is 2. The van der Waals surface area contributed by atoms with Crippen LogP contribution >= 0.6 is 11.6 Å². The van der Waals surface area contributed by atoms with Gasteiger partial charge in [-0.15, -0.1) is 0 Å². The van der Waals surface area contributed by atoms with E-state index in [1.807, 2.05) is 0 Å². The lowest BCUT2D eigenvalue weighted by Gasteiger charge is -2.29. The van der Waals surface area contributed by atoms with Crippen LogP contribution in [0.1, 0.15) is 12.8 Å². The fraction of sp³-hybridized carbons (Fsp3) is 0.375. The second-order valence-electron chi connectivity index (χ2n) is 6.04. The van der Waals surface area contributed by atoms with Gasteiger partial charge >= 0.3 is 5.69 Å². The number of anilines is 3. The van der Waals surface area contributed by atoms with E-state index in [-0.39, 0.29) is 17.5 Å². The normalized spacial score (nSPS) is 15.8. The van der Waals surface area contributed by atoms with Crippen molar-refractivity contribution >= 4 is 34.7 Å². The molecule has 2 N–H and O–H groups in total. The molecule has 0 spiro atoms. The third-order valence-corrected chi connectivity index (χ3v) is 4.38. The van der Waals surface area contributed by atoms with Crippen LogP contribution in [0.3, 0.4) is 0 Å². The van der Waals surface area contributed by atoms with Gasteiger partial charge < -0.3 is 15.5 Å². The Labute approximate surface area is 150 Å². The SMILES string of the molecule is CN1CCC(Nc2nc(Nc3ccc(Cl)cc3)ncc2[N+](=O)[O-])CC1. The summed E-state index contributed by atoms with van der Waals surface area (Å²) >= 11 is 5.87. The van der Waals surface area contributed by atoms with Gasteiger partial charge in [0.15, 0.2) is 0 Å². The van der Waals surface area contributed by atoms with Crippen LogP contribution in [0.4, 0.5) is 23.1 Å². The molecular weight excluding hydrogens is 344 g/mol. The van der Waals surface area contributed by atoms with E-state index in [9.17, 15) is 10.1 Å². The first kappa shape index (κ1) is 17.4. The Hall–Kier alpha value is -2.45. The van der Waals surface area contributed by atoms with Crippen molar-refractivity contribution in [1.29, 1.82) is 0 Å². The van der Waals surface area contributed by atoms with E-state index in [1.165, 1.54) is 6.20 Å². The topological polar surface area (TPSA) is 96.2 Å². The molecule has 1 aliphatic heterocycles. The van der Waals surface area contributed by atoms with Gasteiger partial charge in [-0.2, -0.15) is 4.98 Å². The first-order valence-corrected chi connectivity index (χ1v) is 8.38. The number of nitrogens with one attached hydrogen (secondary N) is 2. The van der Waals surface area contributed by atoms with Crippen molar-refractivity contribution in [1.82, 2.24) is 14.9 Å². The molecule has 3 rings (SSSR count). The average Bonchev–Trinajstić information content (AvgIpc) is 2.59. The minimum atomic E-state index is -0.469. The van der Waals surface area contributed by atoms with Crippen LogP contribution < -0.4 is 10.6 Å². The van der Waals surface area contributed by atoms with Crippen molar-refractivity contribution in [2.24, 2.45) is 0 Å². The van der Waals surface area contributed by atoms with E-state index in [0.717, 1.165) is 31.6 Å². The molecule has 0 saturated carbocycles. The number of hydrogen-bond acceptors (Lipinski definition) is 7. The predicted molar refractivity (Wildman–Crippen MR) is 97.6 cm³/mol. The largest absolute Gasteiger partial charge is 0.361 e. The van der Waals surface area contributed by atoms with Gasteiger partial charge in [0.1, 0.15) is 6.20 Å². The third-order valence-electron chi connectivity index (χ3n) is 4.13. The molecule has 0 atom stereocenters. The fourth-order valence-corrected chi connectivity index (χ4v) is 2.81. The Morgan fingerprint density at radius 3 is 2.60 bits per heavy atom. The van der Waals surface area contributed by atoms with Crippen LogP contribution in [0.5, 0.6) is 0 Å². The molecule has 2 heterocycles. The van der Waals surface area contributed by atoms with Gasteiger partial charge in [0.05, 0.1) is 4.92 Å². The van der Waals surface area contributed by atoms with Gasteiger partial charge in [-0.1, -0.05) is 11.6 Å². The van der Waals surface area contributed by atoms with E-state index in [4.69, 9.17) is 11.6 Å². The van der Waals surface area contributed by atoms with Gasteiger partial charge in [0.25, 0.3) is 0 Å². The second kappa shape index (κ2) is 7.62. The molecular formula is C16H19ClN6O2. The van der Waals surface area contributed by atoms with Crippen LogP contribution in [0.15, 0.2) is 30.5 Å². The van der Waals surface area contributed by atoms with Gasteiger partial charge in [0, 0.05) is 16.8 Å². The lowest BCUT2D eigenvalue weighted by Crippen LogP contribution is -2.37. The minimum absolute atomic E-state index is 0.124. The number of likely N-dealkylation sites (tertiary alicyclic amines) is 1. The summed E-state index contributed by atoms with van der Waals surface area (Å²) in [6, 6.07) is 7.22. The summed E-state index contributed by atoms with van der Waals surface area (Å²) in [6.45, 7) is 1.90. The zero-order chi connectivity index (χ0) is 17.8. The molecule has 0 radical (unpaired) electrons. The molecule has 25 heavy (non-hydrogen) atoms. The first-order valence-electron chi connectivity index (χ1n) is 8.00. The number of nitro groups is 1. The van der Waals surface area contributed by atoms with Gasteiger partial charge in [-0.3, -0.25) is 10.1 Å². The van der Waals surface area contributed by atoms with Crippen molar-refractivity contribution in [3.8, 4) is 0 Å². The van der Waals surface area contributed by atoms with Crippen LogP contribution in [-0.2, 0) is 0 Å². The van der Waals surface area contributed by atoms with Crippen molar-refractivity contribution in [2.45, 2.75) is 18.9 Å². The van der Waals surface area contributed by atoms with Crippen LogP contribution in [0.2, 0.25) is 5.02 Å². The number of aromatic nitrogens is 2. The lowest BCUT2D eigenvalue weighted by atomic mass is 10.1. The van der Waals surface area contributed by atoms with E-state index in [0.29, 0.717) is 11.0 Å². The Kier molecular flexibility index (Phi) is 5.30. The van der Waals surface area contributed by atoms with Crippen molar-refractivity contribution in [3.05, 3.63) is 45.6 Å². The quantitative estimate of drug-likeness (QED) is 0.622. The standard InChI is InChI=1S/C16H19ClN6O2/c1-22-8-6-13(7-9-22)19-15-14(23(24)25)10-18-16(21-15)20-12-4-2-11(17)3-5-12/h2-5,10,13H,6-9H2,1H3,(H2,18,19,20,21). The summed E-state index contributed by atoms with van der Waals surface area (Å²) in [5.74, 6) is 0.536. The smallest absolute Gasteiger partial charge is 0.329 e. The van der Waals surface area contributed by atoms with Crippen molar-refractivity contribution in [2.75, 3.05) is 30.8 Å². The fourth-order valence-electron chi connectivity index (χ4n) is 2.68. The maximum Gasteiger partial charge on any atom is 0.329 e. The Bertz CT molecular complexity index is 747. The average molecular weight is 363 g/mol. The number of rotatable bonds is 5. The second-order valence-corrected chi connectivity index (χ2v) is 6.47. The highest BCUT2D eigenvalue weighted by molar-refractivity contribution is 6.30. The Morgan fingerprint density at radius 1 is 1.28 bits per heavy atom. The summed E-state index contributed by atoms with van der Waals surface area (Å²) in [6.07, 6.45) is 3.05. The van der Waals surface area contributed by atoms with Gasteiger partial charge in [-0.05, 0) is 57.2 Å². The molecule has 2 aromatic rings. The molecule has 1 aromatic carbocycles. The molecule has 1 aliphatic rings. The summed E-state index contributed by atoms with van der Waals surface area (Å²) in [7, 11) is 2.07. The summed E-state index contributed by atoms with van der Waals surface area (Å²) in [5.41, 5.74) is 0.629. The molecule has 1 saturated heterocycles. The predicted octanol–water partition coefficient (Wildman–Crippen LogP) is 3.29. The first-order chi connectivity index (χ1) is 12.0. The lowest BCUT2D eigenvalue weighted by molar-refractivity contribution is -0.384. The van der Waals surface area contributed by atoms with Gasteiger partial charge in [-0.25, -0.2) is 4.98 Å². The summed E-state index contributed by atoms with van der Waals surface area (Å²) < 4.78 is 0. The maximum absolute atomic E-state index is 11.3. The molecule has 132 valence electrons. The van der Waals surface area contributed by atoms with E-state index in [2.05, 4.69) is 32.5 Å². The summed E-state index contributed by atoms with van der Waals surface area (Å²) in [5, 5.41) is 18.1. The van der Waals surface area contributed by atoms with Crippen LogP contribution in [-0.4, -0.2) is 46.0 Å². The molecule has 1 aromatic heterocycles. The number of halogens is 1. The molecule has 0 unspecified atom stereocenters. The van der Waals surface area contributed by atoms with Crippen LogP contribution in [0.25, 0.3) is 0 Å². The van der Waals surface area contributed by atoms with Crippen molar-refractivity contribution in [3.63, 3.8) is 0 Å². The van der Waals surface area contributed by atoms with Crippen LogP contribution in [0, 0.1) is 10.1 Å². The van der Waals surface area contributed by atoms with E-state index < -0.39 is 4.92 Å². The molecule has 9 heteroatoms. The molecule has 0 amide bonds. The summed E-state index contributed by atoms with van der Waals surface area (Å²) in [4.78, 5) is 21.4. The molecule has 1 fully saturated rings. The maximum atomic E-state index is 11.3. The zero-order valence-corrected chi connectivity index (χ0v) is 14.5. The molecule has 0 bridgehead atoms. The number of nitrogens with zero attached hydrogens (tertiary/aromatic N) is 4. The highest BCUT2D eigenvalue weighted by Crippen LogP contribution is 2.26. The number of piperidine rings is 1. The van der Waals surface area contributed by atoms with E-state index >= 15 is 0 Å². The Morgan fingerprint density at radius 2 is 1.96 bits per heavy atom. The highest BCUT2D eigenvalue weighted by Gasteiger charge is 2.23. The minimum Gasteiger partial charge on any atom is -0.361 e. The zero-order valence-electron chi connectivity index (χ0n) is 13.8. The van der Waals surface area contributed by atoms with E-state index in [1.54, 1.807) is 24.3 Å². The van der Waals surface area contributed by atoms with Gasteiger partial charge in [0.2, 0.25) is 11.8 Å². The monoisotopic (exact) mass is 362 g/mol. The molecule has 8 nitrogen and oxygen atoms in total.